The Morgan fingerprint density at radius 2 is 0.748 bits per heavy atom. The zero-order valence-corrected chi connectivity index (χ0v) is 62.3. The molecule has 16 aromatic rings. The molecule has 0 radical (unpaired) electrons. The summed E-state index contributed by atoms with van der Waals surface area (Å²) in [7, 11) is 0. The largest absolute Gasteiger partial charge is 0.311 e. The van der Waals surface area contributed by atoms with Crippen LogP contribution in [0.2, 0.25) is 0 Å². The maximum absolute atomic E-state index is 2.71. The molecule has 15 aromatic carbocycles. The van der Waals surface area contributed by atoms with Crippen LogP contribution in [0.4, 0.5) is 34.1 Å². The van der Waals surface area contributed by atoms with Crippen LogP contribution in [0.1, 0.15) is 101 Å². The highest BCUT2D eigenvalue weighted by Crippen LogP contribution is 2.61. The van der Waals surface area contributed by atoms with Gasteiger partial charge in [0.25, 0.3) is 6.71 Å². The van der Waals surface area contributed by atoms with Gasteiger partial charge < -0.3 is 14.4 Å². The second-order valence-electron chi connectivity index (χ2n) is 32.8. The van der Waals surface area contributed by atoms with Gasteiger partial charge in [0, 0.05) is 55.9 Å². The molecule has 0 unspecified atom stereocenters. The van der Waals surface area contributed by atoms with Crippen LogP contribution in [0.3, 0.4) is 0 Å². The van der Waals surface area contributed by atoms with Gasteiger partial charge in [-0.25, -0.2) is 0 Å². The monoisotopic (exact) mass is 1370 g/mol. The lowest BCUT2D eigenvalue weighted by Crippen LogP contribution is -2.61. The summed E-state index contributed by atoms with van der Waals surface area (Å²) in [6, 6.07) is 132. The van der Waals surface area contributed by atoms with Gasteiger partial charge in [-0.1, -0.05) is 353 Å². The Hall–Kier alpha value is -12.2. The van der Waals surface area contributed by atoms with Gasteiger partial charge in [0.1, 0.15) is 0 Å². The highest BCUT2D eigenvalue weighted by Gasteiger charge is 2.50. The first kappa shape index (κ1) is 65.5. The van der Waals surface area contributed by atoms with Crippen molar-refractivity contribution in [3.63, 3.8) is 0 Å². The summed E-state index contributed by atoms with van der Waals surface area (Å²) >= 11 is 0. The van der Waals surface area contributed by atoms with Crippen LogP contribution in [-0.2, 0) is 21.7 Å². The van der Waals surface area contributed by atoms with Crippen molar-refractivity contribution in [1.82, 2.24) is 4.57 Å². The zero-order valence-electron chi connectivity index (χ0n) is 62.3. The van der Waals surface area contributed by atoms with Gasteiger partial charge in [-0.05, 0) is 176 Å². The summed E-state index contributed by atoms with van der Waals surface area (Å²) in [4.78, 5) is 5.42. The van der Waals surface area contributed by atoms with Crippen LogP contribution in [0, 0.1) is 0 Å². The molecule has 514 valence electrons. The van der Waals surface area contributed by atoms with E-state index in [1.165, 1.54) is 105 Å². The van der Waals surface area contributed by atoms with Crippen molar-refractivity contribution in [3.05, 3.63) is 385 Å². The van der Waals surface area contributed by atoms with Crippen LogP contribution in [-0.4, -0.2) is 11.3 Å². The molecule has 3 heterocycles. The SMILES string of the molecule is CC(C)(C)c1cc(-c2ccc3c(c2)B2c4ccc(-n5c6ccccc6c6ccccc65)cc4N(c4ccc(C(C)(C)C)cc4-c4ccccc4)c4cc(-c5cccc6c5C(c5ccccc5)(c5ccccc5)c5ccccc5-6)cc(c42)N3c2c(-c3ccccc3)cccc2-c2ccccc2)cc(C(C)(C)C)c1. The highest BCUT2D eigenvalue weighted by molar-refractivity contribution is 7.00. The van der Waals surface area contributed by atoms with E-state index in [1.54, 1.807) is 0 Å². The zero-order chi connectivity index (χ0) is 72.7. The molecule has 3 nitrogen and oxygen atoms in total. The Kier molecular flexibility index (Phi) is 15.3. The van der Waals surface area contributed by atoms with E-state index in [2.05, 4.69) is 422 Å². The number of anilines is 6. The number of rotatable bonds is 10. The predicted molar refractivity (Wildman–Crippen MR) is 455 cm³/mol. The van der Waals surface area contributed by atoms with Gasteiger partial charge in [-0.2, -0.15) is 0 Å². The molecule has 1 aliphatic carbocycles. The average molecular weight is 1370 g/mol. The van der Waals surface area contributed by atoms with Crippen molar-refractivity contribution in [2.45, 2.75) is 84.0 Å². The third-order valence-corrected chi connectivity index (χ3v) is 23.3. The van der Waals surface area contributed by atoms with Crippen molar-refractivity contribution in [2.75, 3.05) is 9.80 Å². The summed E-state index contributed by atoms with van der Waals surface area (Å²) in [5.41, 5.74) is 35.8. The number of hydrogen-bond donors (Lipinski definition) is 0. The first-order valence-electron chi connectivity index (χ1n) is 38.0. The molecule has 0 bridgehead atoms. The van der Waals surface area contributed by atoms with E-state index in [0.717, 1.165) is 78.8 Å². The van der Waals surface area contributed by atoms with Crippen LogP contribution in [0.15, 0.2) is 346 Å². The number of nitrogens with zero attached hydrogens (tertiary/aromatic N) is 3. The molecule has 0 amide bonds. The molecule has 4 heteroatoms. The molecular weight excluding hydrogens is 1290 g/mol. The lowest BCUT2D eigenvalue weighted by Gasteiger charge is -2.46. The standard InChI is InChI=1S/C103H84BN3/c1-100(2,3)75-54-58-92(86(65-75)69-37-19-12-20-38-69)106-94-66-78(105-90-51-29-26-44-83(90)84-45-27-30-52-91(84)105)55-56-88(94)104-89-61-70(71-59-76(101(4,5)6)64-77(60-71)102(7,8)9)53-57-93(89)107(99-80(67-33-15-10-16-34-67)47-32-48-81(99)68-35-17-11-18-36-68)96-63-72(62-95(106)98(96)104)79-46-31-49-85-82-43-25-28-50-87(82)103(97(79)85,73-39-21-13-22-40-73)74-41-23-14-24-42-74/h10-66H,1-9H3. The van der Waals surface area contributed by atoms with Crippen LogP contribution < -0.4 is 26.2 Å². The van der Waals surface area contributed by atoms with Crippen molar-refractivity contribution in [1.29, 1.82) is 0 Å². The third-order valence-electron chi connectivity index (χ3n) is 23.3. The second kappa shape index (κ2) is 25.0. The topological polar surface area (TPSA) is 11.4 Å². The maximum atomic E-state index is 2.71. The fraction of sp³-hybridized carbons (Fsp3) is 0.126. The lowest BCUT2D eigenvalue weighted by atomic mass is 9.33. The molecular formula is C103H84BN3. The van der Waals surface area contributed by atoms with E-state index >= 15 is 0 Å². The van der Waals surface area contributed by atoms with Gasteiger partial charge in [0.15, 0.2) is 0 Å². The fourth-order valence-corrected chi connectivity index (χ4v) is 18.1. The highest BCUT2D eigenvalue weighted by atomic mass is 15.2. The number of fused-ring (bicyclic) bond motifs is 10. The van der Waals surface area contributed by atoms with Gasteiger partial charge >= 0.3 is 0 Å². The lowest BCUT2D eigenvalue weighted by molar-refractivity contribution is 0.569. The van der Waals surface area contributed by atoms with Crippen molar-refractivity contribution in [2.24, 2.45) is 0 Å². The summed E-state index contributed by atoms with van der Waals surface area (Å²) in [5, 5.41) is 2.45. The first-order chi connectivity index (χ1) is 52.0. The maximum Gasteiger partial charge on any atom is 0.252 e. The Bertz CT molecular complexity index is 6010. The molecule has 0 atom stereocenters. The van der Waals surface area contributed by atoms with E-state index in [4.69, 9.17) is 0 Å². The normalized spacial score (nSPS) is 13.5. The fourth-order valence-electron chi connectivity index (χ4n) is 18.1. The average Bonchev–Trinajstić information content (AvgIpc) is 1.68. The molecule has 0 spiro atoms. The Morgan fingerprint density at radius 3 is 1.32 bits per heavy atom. The van der Waals surface area contributed by atoms with Gasteiger partial charge in [-0.3, -0.25) is 0 Å². The number of benzene rings is 15. The van der Waals surface area contributed by atoms with Crippen LogP contribution in [0.5, 0.6) is 0 Å². The summed E-state index contributed by atoms with van der Waals surface area (Å²) in [6.07, 6.45) is 0. The molecule has 0 fully saturated rings. The minimum Gasteiger partial charge on any atom is -0.311 e. The van der Waals surface area contributed by atoms with E-state index in [-0.39, 0.29) is 23.0 Å². The van der Waals surface area contributed by atoms with E-state index in [9.17, 15) is 0 Å². The second-order valence-corrected chi connectivity index (χ2v) is 32.8. The molecule has 2 aliphatic heterocycles. The molecule has 0 saturated carbocycles. The van der Waals surface area contributed by atoms with E-state index in [1.807, 2.05) is 0 Å². The summed E-state index contributed by atoms with van der Waals surface area (Å²) < 4.78 is 2.51. The van der Waals surface area contributed by atoms with Crippen molar-refractivity contribution in [3.8, 4) is 72.4 Å². The van der Waals surface area contributed by atoms with Gasteiger partial charge in [-0.15, -0.1) is 0 Å². The molecule has 0 saturated heterocycles. The minimum absolute atomic E-state index is 0.103. The van der Waals surface area contributed by atoms with E-state index < -0.39 is 5.41 Å². The molecule has 0 N–H and O–H groups in total. The minimum atomic E-state index is -0.715. The third kappa shape index (κ3) is 10.5. The molecule has 3 aliphatic rings. The molecule has 1 aromatic heterocycles. The predicted octanol–water partition coefficient (Wildman–Crippen LogP) is 25.5. The van der Waals surface area contributed by atoms with Gasteiger partial charge in [0.2, 0.25) is 0 Å². The summed E-state index contributed by atoms with van der Waals surface area (Å²) in [6.45, 7) is 20.9. The van der Waals surface area contributed by atoms with Crippen LogP contribution >= 0.6 is 0 Å². The van der Waals surface area contributed by atoms with Crippen molar-refractivity contribution >= 4 is 79.0 Å². The Balaban J connectivity index is 1.01. The quantitative estimate of drug-likeness (QED) is 0.126. The van der Waals surface area contributed by atoms with Gasteiger partial charge in [0.05, 0.1) is 27.8 Å². The Morgan fingerprint density at radius 1 is 0.271 bits per heavy atom. The van der Waals surface area contributed by atoms with E-state index in [0.29, 0.717) is 0 Å². The first-order valence-corrected chi connectivity index (χ1v) is 38.0. The molecule has 19 rings (SSSR count). The number of aromatic nitrogens is 1. The van der Waals surface area contributed by atoms with Crippen molar-refractivity contribution < 1.29 is 0 Å². The Labute approximate surface area is 630 Å². The smallest absolute Gasteiger partial charge is 0.252 e. The summed E-state index contributed by atoms with van der Waals surface area (Å²) in [5.74, 6) is 0. The number of para-hydroxylation sites is 3. The van der Waals surface area contributed by atoms with Crippen LogP contribution in [0.25, 0.3) is 94.3 Å². The molecule has 107 heavy (non-hydrogen) atoms. The number of hydrogen-bond acceptors (Lipinski definition) is 2.